The number of urea groups is 1. The molecule has 0 bridgehead atoms. The molecule has 0 heterocycles. The number of aryl methyl sites for hydroxylation is 1. The molecule has 126 valence electrons. The minimum absolute atomic E-state index is 0.261. The summed E-state index contributed by atoms with van der Waals surface area (Å²) in [5.41, 5.74) is 2.62. The Morgan fingerprint density at radius 3 is 2.33 bits per heavy atom. The second-order valence-electron chi connectivity index (χ2n) is 5.27. The third kappa shape index (κ3) is 5.28. The Hall–Kier alpha value is -2.53. The molecule has 2 aromatic carbocycles. The Morgan fingerprint density at radius 1 is 0.917 bits per heavy atom. The van der Waals surface area contributed by atoms with Crippen LogP contribution in [-0.4, -0.2) is 25.0 Å². The van der Waals surface area contributed by atoms with Crippen LogP contribution in [0.2, 0.25) is 5.02 Å². The van der Waals surface area contributed by atoms with Crippen LogP contribution in [0, 0.1) is 6.92 Å². The second kappa shape index (κ2) is 8.93. The fraction of sp³-hybridized carbons (Fsp3) is 0.222. The normalized spacial score (nSPS) is 10.1. The van der Waals surface area contributed by atoms with E-state index < -0.39 is 0 Å². The number of hydrogen-bond donors (Lipinski definition) is 3. The van der Waals surface area contributed by atoms with Crippen LogP contribution in [0.15, 0.2) is 48.5 Å². The SMILES string of the molecule is Cc1ccccc1CNC(=O)NCCNC(=O)c1ccccc1Cl. The summed E-state index contributed by atoms with van der Waals surface area (Å²) >= 11 is 5.95. The molecule has 0 aromatic heterocycles. The Kier molecular flexibility index (Phi) is 6.63. The molecule has 3 N–H and O–H groups in total. The summed E-state index contributed by atoms with van der Waals surface area (Å²) in [5, 5.41) is 8.59. The number of benzene rings is 2. The molecule has 2 aromatic rings. The fourth-order valence-electron chi connectivity index (χ4n) is 2.14. The van der Waals surface area contributed by atoms with Gasteiger partial charge in [0.15, 0.2) is 0 Å². The summed E-state index contributed by atoms with van der Waals surface area (Å²) in [6.07, 6.45) is 0. The van der Waals surface area contributed by atoms with Gasteiger partial charge in [-0.05, 0) is 30.2 Å². The van der Waals surface area contributed by atoms with Crippen LogP contribution in [0.1, 0.15) is 21.5 Å². The predicted molar refractivity (Wildman–Crippen MR) is 95.2 cm³/mol. The maximum absolute atomic E-state index is 11.9. The van der Waals surface area contributed by atoms with Gasteiger partial charge >= 0.3 is 6.03 Å². The number of halogens is 1. The number of carbonyl (C=O) groups is 2. The van der Waals surface area contributed by atoms with Gasteiger partial charge in [0.2, 0.25) is 0 Å². The number of nitrogens with one attached hydrogen (secondary N) is 3. The van der Waals surface area contributed by atoms with Crippen molar-refractivity contribution in [2.75, 3.05) is 13.1 Å². The summed E-state index contributed by atoms with van der Waals surface area (Å²) in [5.74, 6) is -0.261. The van der Waals surface area contributed by atoms with E-state index in [1.54, 1.807) is 24.3 Å². The number of amides is 3. The maximum atomic E-state index is 11.9. The Labute approximate surface area is 146 Å². The molecule has 0 aliphatic carbocycles. The quantitative estimate of drug-likeness (QED) is 0.704. The highest BCUT2D eigenvalue weighted by Gasteiger charge is 2.08. The lowest BCUT2D eigenvalue weighted by atomic mass is 10.1. The molecule has 0 radical (unpaired) electrons. The van der Waals surface area contributed by atoms with Gasteiger partial charge in [0.25, 0.3) is 5.91 Å². The summed E-state index contributed by atoms with van der Waals surface area (Å²) in [7, 11) is 0. The van der Waals surface area contributed by atoms with Gasteiger partial charge in [0.05, 0.1) is 10.6 Å². The van der Waals surface area contributed by atoms with Crippen LogP contribution in [0.3, 0.4) is 0 Å². The van der Waals surface area contributed by atoms with Crippen LogP contribution in [0.25, 0.3) is 0 Å². The molecular formula is C18H20ClN3O2. The van der Waals surface area contributed by atoms with Crippen molar-refractivity contribution in [2.24, 2.45) is 0 Å². The van der Waals surface area contributed by atoms with Crippen molar-refractivity contribution in [3.05, 3.63) is 70.2 Å². The summed E-state index contributed by atoms with van der Waals surface area (Å²) in [6, 6.07) is 14.4. The molecule has 0 fully saturated rings. The highest BCUT2D eigenvalue weighted by atomic mass is 35.5. The van der Waals surface area contributed by atoms with E-state index in [9.17, 15) is 9.59 Å². The van der Waals surface area contributed by atoms with E-state index in [2.05, 4.69) is 16.0 Å². The van der Waals surface area contributed by atoms with Crippen LogP contribution in [-0.2, 0) is 6.54 Å². The lowest BCUT2D eigenvalue weighted by Crippen LogP contribution is -2.40. The predicted octanol–water partition coefficient (Wildman–Crippen LogP) is 2.88. The van der Waals surface area contributed by atoms with E-state index in [1.807, 2.05) is 31.2 Å². The average molecular weight is 346 g/mol. The topological polar surface area (TPSA) is 70.2 Å². The zero-order chi connectivity index (χ0) is 17.4. The lowest BCUT2D eigenvalue weighted by molar-refractivity contribution is 0.0954. The lowest BCUT2D eigenvalue weighted by Gasteiger charge is -2.10. The number of rotatable bonds is 6. The van der Waals surface area contributed by atoms with Gasteiger partial charge in [0, 0.05) is 19.6 Å². The van der Waals surface area contributed by atoms with Crippen molar-refractivity contribution in [3.63, 3.8) is 0 Å². The molecule has 5 nitrogen and oxygen atoms in total. The monoisotopic (exact) mass is 345 g/mol. The summed E-state index contributed by atoms with van der Waals surface area (Å²) < 4.78 is 0. The maximum Gasteiger partial charge on any atom is 0.315 e. The average Bonchev–Trinajstić information content (AvgIpc) is 2.58. The van der Waals surface area contributed by atoms with Crippen molar-refractivity contribution in [1.82, 2.24) is 16.0 Å². The van der Waals surface area contributed by atoms with Gasteiger partial charge in [-0.2, -0.15) is 0 Å². The molecule has 0 atom stereocenters. The minimum Gasteiger partial charge on any atom is -0.350 e. The first-order valence-corrected chi connectivity index (χ1v) is 8.04. The highest BCUT2D eigenvalue weighted by molar-refractivity contribution is 6.33. The highest BCUT2D eigenvalue weighted by Crippen LogP contribution is 2.14. The standard InChI is InChI=1S/C18H20ClN3O2/c1-13-6-2-3-7-14(13)12-22-18(24)21-11-10-20-17(23)15-8-4-5-9-16(15)19/h2-9H,10-12H2,1H3,(H,20,23)(H2,21,22,24). The van der Waals surface area contributed by atoms with E-state index in [0.29, 0.717) is 30.2 Å². The molecule has 0 saturated heterocycles. The summed E-state index contributed by atoms with van der Waals surface area (Å²) in [6.45, 7) is 3.11. The first-order chi connectivity index (χ1) is 11.6. The first-order valence-electron chi connectivity index (χ1n) is 7.67. The largest absolute Gasteiger partial charge is 0.350 e. The Bertz CT molecular complexity index is 719. The first kappa shape index (κ1) is 17.8. The van der Waals surface area contributed by atoms with Gasteiger partial charge in [-0.15, -0.1) is 0 Å². The van der Waals surface area contributed by atoms with E-state index in [1.165, 1.54) is 0 Å². The van der Waals surface area contributed by atoms with Crippen molar-refractivity contribution in [1.29, 1.82) is 0 Å². The molecular weight excluding hydrogens is 326 g/mol. The summed E-state index contributed by atoms with van der Waals surface area (Å²) in [4.78, 5) is 23.7. The van der Waals surface area contributed by atoms with Crippen LogP contribution >= 0.6 is 11.6 Å². The Balaban J connectivity index is 1.67. The van der Waals surface area contributed by atoms with E-state index in [4.69, 9.17) is 11.6 Å². The molecule has 24 heavy (non-hydrogen) atoms. The molecule has 3 amide bonds. The van der Waals surface area contributed by atoms with Gasteiger partial charge in [0.1, 0.15) is 0 Å². The van der Waals surface area contributed by atoms with E-state index in [-0.39, 0.29) is 11.9 Å². The van der Waals surface area contributed by atoms with Crippen LogP contribution in [0.4, 0.5) is 4.79 Å². The molecule has 0 aliphatic rings. The van der Waals surface area contributed by atoms with Crippen molar-refractivity contribution in [2.45, 2.75) is 13.5 Å². The molecule has 0 unspecified atom stereocenters. The molecule has 6 heteroatoms. The third-order valence-corrected chi connectivity index (χ3v) is 3.84. The third-order valence-electron chi connectivity index (χ3n) is 3.52. The van der Waals surface area contributed by atoms with E-state index >= 15 is 0 Å². The molecule has 0 saturated carbocycles. The van der Waals surface area contributed by atoms with Crippen molar-refractivity contribution >= 4 is 23.5 Å². The fourth-order valence-corrected chi connectivity index (χ4v) is 2.36. The van der Waals surface area contributed by atoms with E-state index in [0.717, 1.165) is 11.1 Å². The smallest absolute Gasteiger partial charge is 0.315 e. The number of carbonyl (C=O) groups excluding carboxylic acids is 2. The molecule has 0 aliphatic heterocycles. The zero-order valence-electron chi connectivity index (χ0n) is 13.4. The number of hydrogen-bond acceptors (Lipinski definition) is 2. The molecule has 2 rings (SSSR count). The zero-order valence-corrected chi connectivity index (χ0v) is 14.2. The van der Waals surface area contributed by atoms with Gasteiger partial charge in [-0.25, -0.2) is 4.79 Å². The van der Waals surface area contributed by atoms with Crippen molar-refractivity contribution in [3.8, 4) is 0 Å². The van der Waals surface area contributed by atoms with Crippen LogP contribution in [0.5, 0.6) is 0 Å². The Morgan fingerprint density at radius 2 is 1.58 bits per heavy atom. The van der Waals surface area contributed by atoms with Gasteiger partial charge < -0.3 is 16.0 Å². The minimum atomic E-state index is -0.273. The van der Waals surface area contributed by atoms with Gasteiger partial charge in [-0.3, -0.25) is 4.79 Å². The van der Waals surface area contributed by atoms with Gasteiger partial charge in [-0.1, -0.05) is 48.0 Å². The second-order valence-corrected chi connectivity index (χ2v) is 5.68. The van der Waals surface area contributed by atoms with Crippen molar-refractivity contribution < 1.29 is 9.59 Å². The van der Waals surface area contributed by atoms with Crippen LogP contribution < -0.4 is 16.0 Å². The molecule has 0 spiro atoms.